The summed E-state index contributed by atoms with van der Waals surface area (Å²) in [7, 11) is 0. The Morgan fingerprint density at radius 3 is 2.89 bits per heavy atom. The molecule has 27 heavy (non-hydrogen) atoms. The third-order valence-electron chi connectivity index (χ3n) is 4.31. The minimum Gasteiger partial charge on any atom is -0.431 e. The highest BCUT2D eigenvalue weighted by Crippen LogP contribution is 2.40. The Bertz CT molecular complexity index is 953. The lowest BCUT2D eigenvalue weighted by atomic mass is 10.0. The summed E-state index contributed by atoms with van der Waals surface area (Å²) in [6.07, 6.45) is -3.71. The summed E-state index contributed by atoms with van der Waals surface area (Å²) in [6.45, 7) is 1.57. The Morgan fingerprint density at radius 2 is 2.15 bits per heavy atom. The van der Waals surface area contributed by atoms with Gasteiger partial charge in [-0.15, -0.1) is 0 Å². The predicted molar refractivity (Wildman–Crippen MR) is 91.4 cm³/mol. The third-order valence-corrected chi connectivity index (χ3v) is 5.12. The summed E-state index contributed by atoms with van der Waals surface area (Å²) in [6, 6.07) is 4.73. The minimum atomic E-state index is -4.46. The van der Waals surface area contributed by atoms with Crippen molar-refractivity contribution < 1.29 is 22.4 Å². The smallest absolute Gasteiger partial charge is 0.411 e. The maximum absolute atomic E-state index is 13.3. The van der Waals surface area contributed by atoms with E-state index in [0.717, 1.165) is 22.8 Å². The topological polar surface area (TPSA) is 77.1 Å². The van der Waals surface area contributed by atoms with E-state index in [-0.39, 0.29) is 24.0 Å². The molecule has 1 aliphatic rings. The number of alkyl halides is 3. The molecule has 2 aromatic heterocycles. The van der Waals surface area contributed by atoms with Crippen LogP contribution in [0.1, 0.15) is 19.4 Å². The van der Waals surface area contributed by atoms with Gasteiger partial charge in [0.15, 0.2) is 11.6 Å². The van der Waals surface area contributed by atoms with Crippen molar-refractivity contribution in [3.8, 4) is 0 Å². The second kappa shape index (κ2) is 6.55. The summed E-state index contributed by atoms with van der Waals surface area (Å²) in [5, 5.41) is 4.00. The molecule has 0 unspecified atom stereocenters. The zero-order valence-corrected chi connectivity index (χ0v) is 14.9. The van der Waals surface area contributed by atoms with Crippen molar-refractivity contribution in [2.24, 2.45) is 0 Å². The average molecular weight is 397 g/mol. The molecule has 0 fully saturated rings. The second-order valence-corrected chi connectivity index (χ2v) is 7.07. The largest absolute Gasteiger partial charge is 0.431 e. The molecule has 142 valence electrons. The molecule has 0 saturated heterocycles. The van der Waals surface area contributed by atoms with Crippen LogP contribution >= 0.6 is 11.8 Å². The van der Waals surface area contributed by atoms with Crippen LogP contribution in [0.4, 0.5) is 19.1 Å². The van der Waals surface area contributed by atoms with Gasteiger partial charge in [0, 0.05) is 6.04 Å². The number of benzene rings is 1. The number of halogens is 3. The minimum absolute atomic E-state index is 0.0410. The number of rotatable bonds is 3. The van der Waals surface area contributed by atoms with Gasteiger partial charge in [-0.2, -0.15) is 23.3 Å². The van der Waals surface area contributed by atoms with Crippen LogP contribution in [-0.4, -0.2) is 43.6 Å². The van der Waals surface area contributed by atoms with Crippen LogP contribution in [0.5, 0.6) is 0 Å². The van der Waals surface area contributed by atoms with E-state index in [1.165, 1.54) is 4.90 Å². The van der Waals surface area contributed by atoms with Crippen molar-refractivity contribution >= 4 is 34.7 Å². The Labute approximate surface area is 155 Å². The van der Waals surface area contributed by atoms with E-state index in [1.54, 1.807) is 19.1 Å². The maximum atomic E-state index is 13.3. The highest BCUT2D eigenvalue weighted by atomic mass is 32.2. The molecule has 3 aromatic rings. The van der Waals surface area contributed by atoms with E-state index in [1.807, 2.05) is 12.1 Å². The number of para-hydroxylation sites is 2. The molecule has 1 amide bonds. The molecule has 0 aliphatic carbocycles. The van der Waals surface area contributed by atoms with Crippen molar-refractivity contribution in [1.82, 2.24) is 19.7 Å². The molecule has 0 bridgehead atoms. The van der Waals surface area contributed by atoms with Crippen LogP contribution in [0.25, 0.3) is 11.1 Å². The Hall–Kier alpha value is -2.56. The zero-order chi connectivity index (χ0) is 19.2. The average Bonchev–Trinajstić information content (AvgIpc) is 3.24. The molecular formula is C16H14F3N5O2S. The number of oxazole rings is 1. The van der Waals surface area contributed by atoms with E-state index in [0.29, 0.717) is 16.3 Å². The first kappa shape index (κ1) is 17.8. The number of anilines is 1. The first-order valence-corrected chi connectivity index (χ1v) is 9.10. The van der Waals surface area contributed by atoms with Crippen LogP contribution in [-0.2, 0) is 4.79 Å². The van der Waals surface area contributed by atoms with Gasteiger partial charge in [0.25, 0.3) is 5.22 Å². The van der Waals surface area contributed by atoms with Crippen LogP contribution in [0.3, 0.4) is 0 Å². The van der Waals surface area contributed by atoms with Gasteiger partial charge >= 0.3 is 6.18 Å². The van der Waals surface area contributed by atoms with E-state index in [9.17, 15) is 18.0 Å². The quantitative estimate of drug-likeness (QED) is 0.630. The number of carbonyl (C=O) groups is 1. The van der Waals surface area contributed by atoms with Gasteiger partial charge < -0.3 is 4.42 Å². The molecule has 0 saturated carbocycles. The molecule has 4 rings (SSSR count). The first-order chi connectivity index (χ1) is 12.8. The monoisotopic (exact) mass is 397 g/mol. The van der Waals surface area contributed by atoms with Gasteiger partial charge in [-0.25, -0.2) is 9.67 Å². The third kappa shape index (κ3) is 3.27. The van der Waals surface area contributed by atoms with Gasteiger partial charge in [-0.1, -0.05) is 23.9 Å². The van der Waals surface area contributed by atoms with Gasteiger partial charge in [-0.3, -0.25) is 9.69 Å². The summed E-state index contributed by atoms with van der Waals surface area (Å²) < 4.78 is 46.1. The van der Waals surface area contributed by atoms with Crippen LogP contribution in [0, 0.1) is 0 Å². The van der Waals surface area contributed by atoms with E-state index in [2.05, 4.69) is 15.1 Å². The molecule has 1 aromatic carbocycles. The van der Waals surface area contributed by atoms with Crippen molar-refractivity contribution in [1.29, 1.82) is 0 Å². The predicted octanol–water partition coefficient (Wildman–Crippen LogP) is 3.44. The zero-order valence-electron chi connectivity index (χ0n) is 14.1. The summed E-state index contributed by atoms with van der Waals surface area (Å²) in [5.74, 6) is -0.523. The summed E-state index contributed by atoms with van der Waals surface area (Å²) in [4.78, 5) is 22.1. The fourth-order valence-corrected chi connectivity index (χ4v) is 3.79. The van der Waals surface area contributed by atoms with E-state index >= 15 is 0 Å². The maximum Gasteiger partial charge on any atom is 0.411 e. The molecule has 2 atom stereocenters. The molecule has 3 heterocycles. The molecule has 11 heteroatoms. The highest BCUT2D eigenvalue weighted by Gasteiger charge is 2.48. The number of amides is 1. The van der Waals surface area contributed by atoms with Crippen LogP contribution in [0.15, 0.2) is 40.2 Å². The van der Waals surface area contributed by atoms with Crippen molar-refractivity contribution in [2.45, 2.75) is 36.8 Å². The van der Waals surface area contributed by atoms with Crippen molar-refractivity contribution in [3.63, 3.8) is 0 Å². The van der Waals surface area contributed by atoms with Crippen molar-refractivity contribution in [2.75, 3.05) is 10.7 Å². The SMILES string of the molecule is C[C@H]1C[C@@H](C(F)(F)F)n2ncnc2N1C(=O)CSc1nc2ccccc2o1. The van der Waals surface area contributed by atoms with Gasteiger partial charge in [0.2, 0.25) is 11.9 Å². The lowest BCUT2D eigenvalue weighted by molar-refractivity contribution is -0.174. The summed E-state index contributed by atoms with van der Waals surface area (Å²) >= 11 is 1.08. The van der Waals surface area contributed by atoms with Crippen LogP contribution in [0.2, 0.25) is 0 Å². The Kier molecular flexibility index (Phi) is 4.33. The molecular weight excluding hydrogens is 383 g/mol. The molecule has 7 nitrogen and oxygen atoms in total. The van der Waals surface area contributed by atoms with Gasteiger partial charge in [0.05, 0.1) is 5.75 Å². The Morgan fingerprint density at radius 1 is 1.37 bits per heavy atom. The molecule has 0 N–H and O–H groups in total. The number of fused-ring (bicyclic) bond motifs is 2. The van der Waals surface area contributed by atoms with Gasteiger partial charge in [0.1, 0.15) is 11.8 Å². The fourth-order valence-electron chi connectivity index (χ4n) is 3.10. The fraction of sp³-hybridized carbons (Fsp3) is 0.375. The van der Waals surface area contributed by atoms with Crippen molar-refractivity contribution in [3.05, 3.63) is 30.6 Å². The highest BCUT2D eigenvalue weighted by molar-refractivity contribution is 7.99. The molecule has 0 spiro atoms. The van der Waals surface area contributed by atoms with Gasteiger partial charge in [-0.05, 0) is 25.5 Å². The van der Waals surface area contributed by atoms with E-state index in [4.69, 9.17) is 4.42 Å². The van der Waals surface area contributed by atoms with Crippen LogP contribution < -0.4 is 4.90 Å². The molecule has 1 aliphatic heterocycles. The van der Waals surface area contributed by atoms with E-state index < -0.39 is 18.3 Å². The standard InChI is InChI=1S/C16H14F3N5O2S/c1-9-6-12(16(17,18)19)24-14(20-8-21-24)23(9)13(25)7-27-15-22-10-4-2-3-5-11(10)26-15/h2-5,8-9,12H,6-7H2,1H3/t9-,12-/m0/s1. The lowest BCUT2D eigenvalue weighted by Gasteiger charge is -2.37. The Balaban J connectivity index is 1.53. The number of carbonyl (C=O) groups excluding carboxylic acids is 1. The number of hydrogen-bond donors (Lipinski definition) is 0. The lowest BCUT2D eigenvalue weighted by Crippen LogP contribution is -2.49. The first-order valence-electron chi connectivity index (χ1n) is 8.11. The second-order valence-electron chi connectivity index (χ2n) is 6.15. The number of thioether (sulfide) groups is 1. The number of aromatic nitrogens is 4. The number of nitrogens with zero attached hydrogens (tertiary/aromatic N) is 5. The number of hydrogen-bond acceptors (Lipinski definition) is 6. The summed E-state index contributed by atoms with van der Waals surface area (Å²) in [5.41, 5.74) is 1.28. The normalized spacial score (nSPS) is 20.1. The molecule has 0 radical (unpaired) electrons.